The van der Waals surface area contributed by atoms with Crippen molar-refractivity contribution in [1.82, 2.24) is 14.7 Å². The molecule has 1 aliphatic rings. The number of ether oxygens (including phenoxy) is 1. The Hall–Kier alpha value is -3.30. The number of hydrogen-bond acceptors (Lipinski definition) is 3. The van der Waals surface area contributed by atoms with Crippen molar-refractivity contribution in [2.45, 2.75) is 19.5 Å². The molecule has 146 valence electrons. The summed E-state index contributed by atoms with van der Waals surface area (Å²) in [6.45, 7) is 10.2. The fourth-order valence-corrected chi connectivity index (χ4v) is 3.73. The molecule has 0 unspecified atom stereocenters. The van der Waals surface area contributed by atoms with Crippen molar-refractivity contribution >= 4 is 23.2 Å². The minimum atomic E-state index is -0.0657. The number of aromatic nitrogens is 2. The molecule has 0 aliphatic carbocycles. The van der Waals surface area contributed by atoms with E-state index >= 15 is 0 Å². The van der Waals surface area contributed by atoms with E-state index in [0.717, 1.165) is 11.1 Å². The fourth-order valence-electron chi connectivity index (χ4n) is 3.57. The van der Waals surface area contributed by atoms with Crippen molar-refractivity contribution in [3.05, 3.63) is 76.2 Å². The van der Waals surface area contributed by atoms with E-state index in [-0.39, 0.29) is 11.9 Å². The minimum absolute atomic E-state index is 0.0391. The quantitative estimate of drug-likeness (QED) is 0.574. The Morgan fingerprint density at radius 3 is 2.69 bits per heavy atom. The Morgan fingerprint density at radius 1 is 1.24 bits per heavy atom. The maximum atomic E-state index is 13.1. The van der Waals surface area contributed by atoms with Gasteiger partial charge in [0.25, 0.3) is 5.91 Å². The molecule has 2 aromatic carbocycles. The molecule has 0 fully saturated rings. The summed E-state index contributed by atoms with van der Waals surface area (Å²) >= 11 is 6.06. The van der Waals surface area contributed by atoms with Crippen molar-refractivity contribution < 1.29 is 9.53 Å². The summed E-state index contributed by atoms with van der Waals surface area (Å²) in [4.78, 5) is 18.3. The van der Waals surface area contributed by atoms with E-state index in [0.29, 0.717) is 40.9 Å². The van der Waals surface area contributed by atoms with Crippen LogP contribution in [0.15, 0.2) is 48.5 Å². The average molecular weight is 407 g/mol. The molecule has 1 aromatic heterocycles. The van der Waals surface area contributed by atoms with E-state index in [9.17, 15) is 4.79 Å². The highest BCUT2D eigenvalue weighted by atomic mass is 35.5. The second-order valence-corrected chi connectivity index (χ2v) is 7.45. The molecule has 2 heterocycles. The zero-order valence-corrected chi connectivity index (χ0v) is 16.8. The molecule has 4 rings (SSSR count). The first-order valence-electron chi connectivity index (χ1n) is 9.19. The van der Waals surface area contributed by atoms with Crippen LogP contribution >= 0.6 is 11.6 Å². The first-order valence-corrected chi connectivity index (χ1v) is 9.57. The molecule has 1 aliphatic heterocycles. The smallest absolute Gasteiger partial charge is 0.272 e. The molecule has 1 amide bonds. The van der Waals surface area contributed by atoms with Gasteiger partial charge in [0.1, 0.15) is 11.4 Å². The standard InChI is InChI=1S/C22H19ClN4O2/c1-14-12-26(13-15-4-7-17(24-2)8-5-15)22(28)20-11-19(25-27(14)20)18-9-6-16(23)10-21(18)29-3/h4-11,14H,12-13H2,1,3H3/t14-/m0/s1. The average Bonchev–Trinajstić information content (AvgIpc) is 3.18. The lowest BCUT2D eigenvalue weighted by atomic mass is 10.1. The van der Waals surface area contributed by atoms with Gasteiger partial charge in [0.2, 0.25) is 0 Å². The Balaban J connectivity index is 1.64. The monoisotopic (exact) mass is 406 g/mol. The van der Waals surface area contributed by atoms with Crippen LogP contribution in [0.5, 0.6) is 5.75 Å². The van der Waals surface area contributed by atoms with Gasteiger partial charge in [0.15, 0.2) is 5.69 Å². The number of fused-ring (bicyclic) bond motifs is 1. The predicted molar refractivity (Wildman–Crippen MR) is 111 cm³/mol. The van der Waals surface area contributed by atoms with Gasteiger partial charge in [0.05, 0.1) is 25.4 Å². The molecular formula is C22H19ClN4O2. The van der Waals surface area contributed by atoms with E-state index in [1.54, 1.807) is 42.1 Å². The third-order valence-corrected chi connectivity index (χ3v) is 5.26. The van der Waals surface area contributed by atoms with Crippen LogP contribution in [-0.4, -0.2) is 34.2 Å². The molecule has 0 radical (unpaired) electrons. The van der Waals surface area contributed by atoms with Gasteiger partial charge in [-0.15, -0.1) is 0 Å². The van der Waals surface area contributed by atoms with Crippen LogP contribution in [-0.2, 0) is 6.54 Å². The Bertz CT molecular complexity index is 1110. The van der Waals surface area contributed by atoms with E-state index < -0.39 is 0 Å². The van der Waals surface area contributed by atoms with E-state index in [1.165, 1.54) is 0 Å². The normalized spacial score (nSPS) is 15.7. The summed E-state index contributed by atoms with van der Waals surface area (Å²) in [5.74, 6) is 0.550. The zero-order valence-electron chi connectivity index (χ0n) is 16.1. The Morgan fingerprint density at radius 2 is 2.00 bits per heavy atom. The van der Waals surface area contributed by atoms with Crippen molar-refractivity contribution in [2.24, 2.45) is 0 Å². The number of rotatable bonds is 4. The van der Waals surface area contributed by atoms with E-state index in [4.69, 9.17) is 22.9 Å². The van der Waals surface area contributed by atoms with Crippen LogP contribution in [0.1, 0.15) is 29.0 Å². The largest absolute Gasteiger partial charge is 0.496 e. The van der Waals surface area contributed by atoms with Crippen LogP contribution in [0.3, 0.4) is 0 Å². The zero-order chi connectivity index (χ0) is 20.5. The molecule has 0 spiro atoms. The Labute approximate surface area is 174 Å². The molecule has 1 atom stereocenters. The first-order chi connectivity index (χ1) is 14.0. The predicted octanol–water partition coefficient (Wildman–Crippen LogP) is 4.98. The van der Waals surface area contributed by atoms with E-state index in [1.807, 2.05) is 30.0 Å². The third kappa shape index (κ3) is 3.57. The maximum Gasteiger partial charge on any atom is 0.272 e. The molecule has 3 aromatic rings. The summed E-state index contributed by atoms with van der Waals surface area (Å²) in [6.07, 6.45) is 0. The van der Waals surface area contributed by atoms with Crippen LogP contribution in [0.2, 0.25) is 5.02 Å². The molecule has 0 N–H and O–H groups in total. The SMILES string of the molecule is [C-]#[N+]c1ccc(CN2C[C@H](C)n3nc(-c4ccc(Cl)cc4OC)cc3C2=O)cc1. The maximum absolute atomic E-state index is 13.1. The number of methoxy groups -OCH3 is 1. The van der Waals surface area contributed by atoms with Gasteiger partial charge in [-0.05, 0) is 36.8 Å². The van der Waals surface area contributed by atoms with Crippen LogP contribution in [0.4, 0.5) is 5.69 Å². The first kappa shape index (κ1) is 19.0. The molecule has 0 bridgehead atoms. The topological polar surface area (TPSA) is 51.7 Å². The van der Waals surface area contributed by atoms with Gasteiger partial charge in [-0.25, -0.2) is 4.85 Å². The van der Waals surface area contributed by atoms with Gasteiger partial charge < -0.3 is 9.64 Å². The summed E-state index contributed by atoms with van der Waals surface area (Å²) in [5.41, 5.74) is 3.60. The number of hydrogen-bond donors (Lipinski definition) is 0. The third-order valence-electron chi connectivity index (χ3n) is 5.02. The van der Waals surface area contributed by atoms with Crippen LogP contribution in [0, 0.1) is 6.57 Å². The summed E-state index contributed by atoms with van der Waals surface area (Å²) in [6, 6.07) is 14.5. The summed E-state index contributed by atoms with van der Waals surface area (Å²) < 4.78 is 7.22. The summed E-state index contributed by atoms with van der Waals surface area (Å²) in [5, 5.41) is 5.25. The number of carbonyl (C=O) groups is 1. The lowest BCUT2D eigenvalue weighted by Gasteiger charge is -2.31. The molecule has 0 saturated heterocycles. The van der Waals surface area contributed by atoms with Crippen LogP contribution < -0.4 is 4.74 Å². The Kier molecular flexibility index (Phi) is 4.99. The lowest BCUT2D eigenvalue weighted by Crippen LogP contribution is -2.41. The van der Waals surface area contributed by atoms with Gasteiger partial charge in [-0.3, -0.25) is 9.48 Å². The summed E-state index contributed by atoms with van der Waals surface area (Å²) in [7, 11) is 1.58. The van der Waals surface area contributed by atoms with Gasteiger partial charge in [0, 0.05) is 23.7 Å². The molecule has 0 saturated carbocycles. The second kappa shape index (κ2) is 7.61. The van der Waals surface area contributed by atoms with Crippen molar-refractivity contribution in [3.8, 4) is 17.0 Å². The van der Waals surface area contributed by atoms with Gasteiger partial charge >= 0.3 is 0 Å². The van der Waals surface area contributed by atoms with Gasteiger partial charge in [-0.2, -0.15) is 5.10 Å². The molecule has 7 heteroatoms. The number of benzene rings is 2. The second-order valence-electron chi connectivity index (χ2n) is 7.02. The van der Waals surface area contributed by atoms with Crippen molar-refractivity contribution in [3.63, 3.8) is 0 Å². The number of amides is 1. The van der Waals surface area contributed by atoms with Crippen molar-refractivity contribution in [1.29, 1.82) is 0 Å². The number of carbonyl (C=O) groups excluding carboxylic acids is 1. The highest BCUT2D eigenvalue weighted by Crippen LogP contribution is 2.34. The lowest BCUT2D eigenvalue weighted by molar-refractivity contribution is 0.0651. The number of halogens is 1. The van der Waals surface area contributed by atoms with Gasteiger partial charge in [-0.1, -0.05) is 35.9 Å². The molecular weight excluding hydrogens is 388 g/mol. The van der Waals surface area contributed by atoms with Crippen molar-refractivity contribution in [2.75, 3.05) is 13.7 Å². The number of nitrogens with zero attached hydrogens (tertiary/aromatic N) is 4. The molecule has 6 nitrogen and oxygen atoms in total. The highest BCUT2D eigenvalue weighted by molar-refractivity contribution is 6.30. The minimum Gasteiger partial charge on any atom is -0.496 e. The highest BCUT2D eigenvalue weighted by Gasteiger charge is 2.31. The van der Waals surface area contributed by atoms with E-state index in [2.05, 4.69) is 9.94 Å². The van der Waals surface area contributed by atoms with Crippen LogP contribution in [0.25, 0.3) is 16.1 Å². The molecule has 29 heavy (non-hydrogen) atoms. The fraction of sp³-hybridized carbons (Fsp3) is 0.227.